The average Bonchev–Trinajstić information content (AvgIpc) is 1.81. The van der Waals surface area contributed by atoms with Crippen molar-refractivity contribution in [3.05, 3.63) is 0 Å². The highest BCUT2D eigenvalue weighted by Crippen LogP contribution is 2.14. The van der Waals surface area contributed by atoms with Gasteiger partial charge in [-0.1, -0.05) is 0 Å². The summed E-state index contributed by atoms with van der Waals surface area (Å²) in [5.41, 5.74) is -0.706. The maximum atomic E-state index is 10.3. The van der Waals surface area contributed by atoms with Gasteiger partial charge in [-0.25, -0.2) is 0 Å². The summed E-state index contributed by atoms with van der Waals surface area (Å²) in [6.45, 7) is 5.13. The number of carbonyl (C=O) groups is 1. The SMILES string of the molecule is CC(O)COC(C)(C)CC(=O)O. The minimum Gasteiger partial charge on any atom is -0.481 e. The number of ether oxygens (including phenoxy) is 1. The van der Waals surface area contributed by atoms with Crippen molar-refractivity contribution in [2.75, 3.05) is 6.61 Å². The molecule has 0 aromatic carbocycles. The van der Waals surface area contributed by atoms with Crippen molar-refractivity contribution in [2.45, 2.75) is 38.9 Å². The fourth-order valence-corrected chi connectivity index (χ4v) is 0.761. The summed E-state index contributed by atoms with van der Waals surface area (Å²) in [4.78, 5) is 10.3. The number of hydrogen-bond acceptors (Lipinski definition) is 3. The van der Waals surface area contributed by atoms with Gasteiger partial charge in [-0.15, -0.1) is 0 Å². The smallest absolute Gasteiger partial charge is 0.306 e. The van der Waals surface area contributed by atoms with Crippen LogP contribution in [0, 0.1) is 0 Å². The van der Waals surface area contributed by atoms with Crippen LogP contribution in [-0.4, -0.2) is 34.5 Å². The van der Waals surface area contributed by atoms with Crippen molar-refractivity contribution >= 4 is 5.97 Å². The number of rotatable bonds is 5. The Hall–Kier alpha value is -0.610. The summed E-state index contributed by atoms with van der Waals surface area (Å²) >= 11 is 0. The Bertz CT molecular complexity index is 151. The van der Waals surface area contributed by atoms with E-state index in [0.717, 1.165) is 0 Å². The van der Waals surface area contributed by atoms with Crippen LogP contribution in [0.3, 0.4) is 0 Å². The molecular weight excluding hydrogens is 160 g/mol. The molecule has 0 fully saturated rings. The largest absolute Gasteiger partial charge is 0.481 e. The standard InChI is InChI=1S/C8H16O4/c1-6(9)5-12-8(2,3)4-7(10)11/h6,9H,4-5H2,1-3H3,(H,10,11). The Morgan fingerprint density at radius 2 is 2.08 bits per heavy atom. The van der Waals surface area contributed by atoms with Crippen LogP contribution in [-0.2, 0) is 9.53 Å². The van der Waals surface area contributed by atoms with Crippen LogP contribution in [0.2, 0.25) is 0 Å². The Kier molecular flexibility index (Phi) is 4.20. The zero-order valence-corrected chi connectivity index (χ0v) is 7.70. The van der Waals surface area contributed by atoms with Gasteiger partial charge >= 0.3 is 5.97 Å². The number of aliphatic hydroxyl groups excluding tert-OH is 1. The molecule has 0 saturated heterocycles. The molecule has 0 aliphatic rings. The normalized spacial score (nSPS) is 14.3. The fourth-order valence-electron chi connectivity index (χ4n) is 0.761. The van der Waals surface area contributed by atoms with Gasteiger partial charge in [0, 0.05) is 0 Å². The topological polar surface area (TPSA) is 66.8 Å². The molecule has 1 unspecified atom stereocenters. The van der Waals surface area contributed by atoms with Crippen LogP contribution in [0.1, 0.15) is 27.2 Å². The summed E-state index contributed by atoms with van der Waals surface area (Å²) in [7, 11) is 0. The Morgan fingerprint density at radius 3 is 2.42 bits per heavy atom. The Balaban J connectivity index is 3.78. The molecule has 0 aromatic rings. The number of aliphatic hydroxyl groups is 1. The molecule has 0 rings (SSSR count). The van der Waals surface area contributed by atoms with Crippen molar-refractivity contribution < 1.29 is 19.7 Å². The Morgan fingerprint density at radius 1 is 1.58 bits per heavy atom. The van der Waals surface area contributed by atoms with Crippen molar-refractivity contribution in [1.29, 1.82) is 0 Å². The molecule has 0 spiro atoms. The molecule has 0 heterocycles. The van der Waals surface area contributed by atoms with Gasteiger partial charge in [0.2, 0.25) is 0 Å². The van der Waals surface area contributed by atoms with Crippen LogP contribution in [0.5, 0.6) is 0 Å². The minimum atomic E-state index is -0.898. The predicted molar refractivity (Wildman–Crippen MR) is 44.0 cm³/mol. The van der Waals surface area contributed by atoms with E-state index in [1.54, 1.807) is 20.8 Å². The fraction of sp³-hybridized carbons (Fsp3) is 0.875. The van der Waals surface area contributed by atoms with Crippen molar-refractivity contribution in [3.63, 3.8) is 0 Å². The van der Waals surface area contributed by atoms with Crippen molar-refractivity contribution in [3.8, 4) is 0 Å². The zero-order valence-electron chi connectivity index (χ0n) is 7.70. The minimum absolute atomic E-state index is 0.0558. The van der Waals surface area contributed by atoms with Crippen LogP contribution in [0.25, 0.3) is 0 Å². The second kappa shape index (κ2) is 4.42. The highest BCUT2D eigenvalue weighted by Gasteiger charge is 2.22. The van der Waals surface area contributed by atoms with Gasteiger partial charge in [0.05, 0.1) is 24.7 Å². The van der Waals surface area contributed by atoms with Crippen molar-refractivity contribution in [2.24, 2.45) is 0 Å². The van der Waals surface area contributed by atoms with Gasteiger partial charge in [-0.05, 0) is 20.8 Å². The molecule has 12 heavy (non-hydrogen) atoms. The predicted octanol–water partition coefficient (Wildman–Crippen LogP) is 0.637. The van der Waals surface area contributed by atoms with Gasteiger partial charge in [0.15, 0.2) is 0 Å². The second-order valence-corrected chi connectivity index (χ2v) is 3.49. The number of carboxylic acid groups (broad SMARTS) is 1. The van der Waals surface area contributed by atoms with Crippen LogP contribution in [0.15, 0.2) is 0 Å². The second-order valence-electron chi connectivity index (χ2n) is 3.49. The van der Waals surface area contributed by atoms with Crippen LogP contribution in [0.4, 0.5) is 0 Å². The molecule has 0 aliphatic heterocycles. The van der Waals surface area contributed by atoms with E-state index in [0.29, 0.717) is 0 Å². The molecule has 0 bridgehead atoms. The molecule has 0 amide bonds. The van der Waals surface area contributed by atoms with E-state index in [4.69, 9.17) is 14.9 Å². The van der Waals surface area contributed by atoms with Gasteiger partial charge in [-0.2, -0.15) is 0 Å². The van der Waals surface area contributed by atoms with E-state index in [2.05, 4.69) is 0 Å². The lowest BCUT2D eigenvalue weighted by Crippen LogP contribution is -2.30. The molecule has 1 atom stereocenters. The lowest BCUT2D eigenvalue weighted by Gasteiger charge is -2.23. The zero-order chi connectivity index (χ0) is 9.78. The summed E-state index contributed by atoms with van der Waals surface area (Å²) in [5.74, 6) is -0.898. The third-order valence-electron chi connectivity index (χ3n) is 1.29. The first kappa shape index (κ1) is 11.4. The van der Waals surface area contributed by atoms with E-state index in [1.165, 1.54) is 0 Å². The van der Waals surface area contributed by atoms with Crippen LogP contribution < -0.4 is 0 Å². The van der Waals surface area contributed by atoms with Gasteiger partial charge in [-0.3, -0.25) is 4.79 Å². The number of carboxylic acids is 1. The highest BCUT2D eigenvalue weighted by molar-refractivity contribution is 5.67. The van der Waals surface area contributed by atoms with Crippen LogP contribution >= 0.6 is 0 Å². The molecule has 0 saturated carbocycles. The maximum absolute atomic E-state index is 10.3. The molecule has 0 radical (unpaired) electrons. The summed E-state index contributed by atoms with van der Waals surface area (Å²) in [5, 5.41) is 17.3. The van der Waals surface area contributed by atoms with E-state index >= 15 is 0 Å². The van der Waals surface area contributed by atoms with E-state index in [1.807, 2.05) is 0 Å². The molecular formula is C8H16O4. The summed E-state index contributed by atoms with van der Waals surface area (Å²) in [6, 6.07) is 0. The maximum Gasteiger partial charge on any atom is 0.306 e. The quantitative estimate of drug-likeness (QED) is 0.645. The molecule has 0 aromatic heterocycles. The first-order valence-corrected chi connectivity index (χ1v) is 3.87. The van der Waals surface area contributed by atoms with Crippen molar-refractivity contribution in [1.82, 2.24) is 0 Å². The first-order chi connectivity index (χ1) is 5.33. The van der Waals surface area contributed by atoms with E-state index in [9.17, 15) is 4.79 Å². The average molecular weight is 176 g/mol. The number of aliphatic carboxylic acids is 1. The third-order valence-corrected chi connectivity index (χ3v) is 1.29. The molecule has 4 nitrogen and oxygen atoms in total. The van der Waals surface area contributed by atoms with E-state index < -0.39 is 17.7 Å². The molecule has 4 heteroatoms. The Labute approximate surface area is 72.2 Å². The van der Waals surface area contributed by atoms with Gasteiger partial charge in [0.1, 0.15) is 0 Å². The summed E-state index contributed by atoms with van der Waals surface area (Å²) < 4.78 is 5.17. The summed E-state index contributed by atoms with van der Waals surface area (Å²) in [6.07, 6.45) is -0.613. The lowest BCUT2D eigenvalue weighted by molar-refractivity contribution is -0.145. The first-order valence-electron chi connectivity index (χ1n) is 3.87. The lowest BCUT2D eigenvalue weighted by atomic mass is 10.1. The molecule has 0 aliphatic carbocycles. The van der Waals surface area contributed by atoms with Gasteiger partial charge in [0.25, 0.3) is 0 Å². The third kappa shape index (κ3) is 6.12. The molecule has 72 valence electrons. The highest BCUT2D eigenvalue weighted by atomic mass is 16.5. The van der Waals surface area contributed by atoms with Gasteiger partial charge < -0.3 is 14.9 Å². The molecule has 2 N–H and O–H groups in total. The number of hydrogen-bond donors (Lipinski definition) is 2. The monoisotopic (exact) mass is 176 g/mol. The van der Waals surface area contributed by atoms with E-state index in [-0.39, 0.29) is 13.0 Å².